The molecule has 3 aromatic rings. The molecule has 3 rings (SSSR count). The fourth-order valence-electron chi connectivity index (χ4n) is 3.36. The lowest BCUT2D eigenvalue weighted by Gasteiger charge is -2.21. The average Bonchev–Trinajstić information content (AvgIpc) is 2.88. The lowest BCUT2D eigenvalue weighted by molar-refractivity contribution is -0.146. The zero-order valence-electron chi connectivity index (χ0n) is 16.0. The summed E-state index contributed by atoms with van der Waals surface area (Å²) in [4.78, 5) is 11.7. The molecule has 0 radical (unpaired) electrons. The standard InChI is InChI=1S/C22H24INO3/c1-14-18-11-17(27-4)9-10-19(18)24(13-15-5-7-16(23)8-6-15)20(14)12-22(2,3)21(25)26/h5-11H,12-13H2,1-4H3,(H,25,26). The Morgan fingerprint density at radius 1 is 1.19 bits per heavy atom. The van der Waals surface area contributed by atoms with Crippen molar-refractivity contribution in [2.45, 2.75) is 33.7 Å². The van der Waals surface area contributed by atoms with Crippen molar-refractivity contribution in [3.05, 3.63) is 62.9 Å². The maximum Gasteiger partial charge on any atom is 0.309 e. The fourth-order valence-corrected chi connectivity index (χ4v) is 3.72. The maximum atomic E-state index is 11.7. The van der Waals surface area contributed by atoms with Crippen molar-refractivity contribution in [2.75, 3.05) is 7.11 Å². The summed E-state index contributed by atoms with van der Waals surface area (Å²) in [5.74, 6) is 0.0200. The van der Waals surface area contributed by atoms with Crippen LogP contribution in [-0.4, -0.2) is 22.8 Å². The second-order valence-electron chi connectivity index (χ2n) is 7.53. The minimum absolute atomic E-state index is 0.468. The van der Waals surface area contributed by atoms with Gasteiger partial charge in [-0.25, -0.2) is 0 Å². The summed E-state index contributed by atoms with van der Waals surface area (Å²) in [7, 11) is 1.66. The molecule has 0 saturated carbocycles. The Bertz CT molecular complexity index is 987. The summed E-state index contributed by atoms with van der Waals surface area (Å²) in [6, 6.07) is 14.5. The van der Waals surface area contributed by atoms with E-state index in [0.29, 0.717) is 13.0 Å². The molecule has 1 aromatic heterocycles. The number of aliphatic carboxylic acids is 1. The van der Waals surface area contributed by atoms with Gasteiger partial charge in [-0.2, -0.15) is 0 Å². The van der Waals surface area contributed by atoms with Crippen LogP contribution in [0.3, 0.4) is 0 Å². The molecule has 0 saturated heterocycles. The Kier molecular flexibility index (Phi) is 5.51. The molecule has 1 N–H and O–H groups in total. The normalized spacial score (nSPS) is 11.7. The summed E-state index contributed by atoms with van der Waals surface area (Å²) in [5, 5.41) is 10.7. The number of methoxy groups -OCH3 is 1. The van der Waals surface area contributed by atoms with Crippen LogP contribution >= 0.6 is 22.6 Å². The molecule has 0 fully saturated rings. The number of hydrogen-bond donors (Lipinski definition) is 1. The van der Waals surface area contributed by atoms with Crippen molar-refractivity contribution in [1.82, 2.24) is 4.57 Å². The number of carboxylic acids is 1. The van der Waals surface area contributed by atoms with Crippen molar-refractivity contribution in [2.24, 2.45) is 5.41 Å². The monoisotopic (exact) mass is 477 g/mol. The molecule has 0 bridgehead atoms. The van der Waals surface area contributed by atoms with Crippen LogP contribution in [0.5, 0.6) is 5.75 Å². The number of rotatable bonds is 6. The molecule has 0 amide bonds. The summed E-state index contributed by atoms with van der Waals surface area (Å²) in [6.07, 6.45) is 0.468. The van der Waals surface area contributed by atoms with E-state index >= 15 is 0 Å². The van der Waals surface area contributed by atoms with Crippen molar-refractivity contribution in [1.29, 1.82) is 0 Å². The molecule has 0 spiro atoms. The highest BCUT2D eigenvalue weighted by atomic mass is 127. The molecule has 1 heterocycles. The van der Waals surface area contributed by atoms with E-state index in [9.17, 15) is 9.90 Å². The van der Waals surface area contributed by atoms with Crippen molar-refractivity contribution in [3.63, 3.8) is 0 Å². The van der Waals surface area contributed by atoms with Gasteiger partial charge in [-0.1, -0.05) is 12.1 Å². The van der Waals surface area contributed by atoms with Gasteiger partial charge < -0.3 is 14.4 Å². The van der Waals surface area contributed by atoms with Crippen LogP contribution in [0.4, 0.5) is 0 Å². The lowest BCUT2D eigenvalue weighted by atomic mass is 9.87. The second-order valence-corrected chi connectivity index (χ2v) is 8.78. The van der Waals surface area contributed by atoms with Gasteiger partial charge in [0.15, 0.2) is 0 Å². The first kappa shape index (κ1) is 19.7. The predicted octanol–water partition coefficient (Wildman–Crippen LogP) is 5.26. The number of fused-ring (bicyclic) bond motifs is 1. The number of benzene rings is 2. The Balaban J connectivity index is 2.16. The van der Waals surface area contributed by atoms with Gasteiger partial charge in [0.05, 0.1) is 12.5 Å². The van der Waals surface area contributed by atoms with E-state index in [1.165, 1.54) is 9.13 Å². The van der Waals surface area contributed by atoms with Crippen LogP contribution in [0, 0.1) is 15.9 Å². The smallest absolute Gasteiger partial charge is 0.309 e. The predicted molar refractivity (Wildman–Crippen MR) is 117 cm³/mol. The van der Waals surface area contributed by atoms with E-state index in [1.54, 1.807) is 21.0 Å². The number of carbonyl (C=O) groups is 1. The minimum atomic E-state index is -0.840. The van der Waals surface area contributed by atoms with Gasteiger partial charge in [0.2, 0.25) is 0 Å². The third-order valence-corrected chi connectivity index (χ3v) is 5.82. The molecule has 5 heteroatoms. The first-order chi connectivity index (χ1) is 12.7. The molecule has 27 heavy (non-hydrogen) atoms. The largest absolute Gasteiger partial charge is 0.497 e. The maximum absolute atomic E-state index is 11.7. The van der Waals surface area contributed by atoms with Crippen LogP contribution in [-0.2, 0) is 17.8 Å². The molecule has 0 aliphatic heterocycles. The molecule has 0 atom stereocenters. The molecule has 0 aliphatic rings. The van der Waals surface area contributed by atoms with E-state index in [-0.39, 0.29) is 0 Å². The van der Waals surface area contributed by atoms with Gasteiger partial charge >= 0.3 is 5.97 Å². The van der Waals surface area contributed by atoms with Crippen LogP contribution in [0.15, 0.2) is 42.5 Å². The zero-order valence-corrected chi connectivity index (χ0v) is 18.2. The molecule has 4 nitrogen and oxygen atoms in total. The highest BCUT2D eigenvalue weighted by Gasteiger charge is 2.30. The van der Waals surface area contributed by atoms with Crippen LogP contribution in [0.1, 0.15) is 30.7 Å². The van der Waals surface area contributed by atoms with Crippen LogP contribution in [0.2, 0.25) is 0 Å². The lowest BCUT2D eigenvalue weighted by Crippen LogP contribution is -2.27. The summed E-state index contributed by atoms with van der Waals surface area (Å²) in [6.45, 7) is 6.34. The highest BCUT2D eigenvalue weighted by Crippen LogP contribution is 2.34. The molecular formula is C22H24INO3. The Labute approximate surface area is 173 Å². The number of hydrogen-bond acceptors (Lipinski definition) is 2. The number of carboxylic acid groups (broad SMARTS) is 1. The first-order valence-electron chi connectivity index (χ1n) is 8.86. The molecule has 142 valence electrons. The number of halogens is 1. The molecule has 0 aliphatic carbocycles. The van der Waals surface area contributed by atoms with Gasteiger partial charge in [-0.15, -0.1) is 0 Å². The number of aryl methyl sites for hydroxylation is 1. The van der Waals surface area contributed by atoms with E-state index in [2.05, 4.69) is 64.4 Å². The third-order valence-electron chi connectivity index (χ3n) is 5.10. The van der Waals surface area contributed by atoms with Crippen molar-refractivity contribution < 1.29 is 14.6 Å². The van der Waals surface area contributed by atoms with Gasteiger partial charge in [0, 0.05) is 33.1 Å². The van der Waals surface area contributed by atoms with Gasteiger partial charge in [0.25, 0.3) is 0 Å². The SMILES string of the molecule is COc1ccc2c(c1)c(C)c(CC(C)(C)C(=O)O)n2Cc1ccc(I)cc1. The van der Waals surface area contributed by atoms with E-state index in [4.69, 9.17) is 4.74 Å². The van der Waals surface area contributed by atoms with Gasteiger partial charge in [0.1, 0.15) is 5.75 Å². The quantitative estimate of drug-likeness (QED) is 0.493. The van der Waals surface area contributed by atoms with Crippen LogP contribution < -0.4 is 4.74 Å². The zero-order chi connectivity index (χ0) is 19.8. The Hall–Kier alpha value is -2.02. The minimum Gasteiger partial charge on any atom is -0.497 e. The summed E-state index contributed by atoms with van der Waals surface area (Å²) < 4.78 is 8.84. The van der Waals surface area contributed by atoms with Crippen molar-refractivity contribution >= 4 is 39.5 Å². The van der Waals surface area contributed by atoms with E-state index in [1.807, 2.05) is 12.1 Å². The Morgan fingerprint density at radius 2 is 1.85 bits per heavy atom. The number of nitrogens with zero attached hydrogens (tertiary/aromatic N) is 1. The Morgan fingerprint density at radius 3 is 2.44 bits per heavy atom. The van der Waals surface area contributed by atoms with Gasteiger partial charge in [-0.05, 0) is 84.8 Å². The molecule has 0 unspecified atom stereocenters. The number of aromatic nitrogens is 1. The fraction of sp³-hybridized carbons (Fsp3) is 0.318. The van der Waals surface area contributed by atoms with E-state index < -0.39 is 11.4 Å². The third kappa shape index (κ3) is 3.98. The highest BCUT2D eigenvalue weighted by molar-refractivity contribution is 14.1. The van der Waals surface area contributed by atoms with Crippen LogP contribution in [0.25, 0.3) is 10.9 Å². The second kappa shape index (κ2) is 7.54. The average molecular weight is 477 g/mol. The molecular weight excluding hydrogens is 453 g/mol. The summed E-state index contributed by atoms with van der Waals surface area (Å²) in [5.41, 5.74) is 3.63. The summed E-state index contributed by atoms with van der Waals surface area (Å²) >= 11 is 2.30. The molecule has 2 aromatic carbocycles. The van der Waals surface area contributed by atoms with Gasteiger partial charge in [-0.3, -0.25) is 4.79 Å². The van der Waals surface area contributed by atoms with E-state index in [0.717, 1.165) is 27.9 Å². The first-order valence-corrected chi connectivity index (χ1v) is 9.94. The topological polar surface area (TPSA) is 51.5 Å². The number of ether oxygens (including phenoxy) is 1. The van der Waals surface area contributed by atoms with Crippen molar-refractivity contribution in [3.8, 4) is 5.75 Å².